The number of nitriles is 2. The molecule has 0 unspecified atom stereocenters. The molecule has 0 aliphatic rings. The van der Waals surface area contributed by atoms with Crippen LogP contribution in [0.3, 0.4) is 0 Å². The molecule has 2 rings (SSSR count). The predicted octanol–water partition coefficient (Wildman–Crippen LogP) is 3.37. The Bertz CT molecular complexity index is 618. The van der Waals surface area contributed by atoms with Crippen LogP contribution in [0.25, 0.3) is 0 Å². The standard InChI is InChI=1S/C15H11N3/c16-10-9-12-5-4-8-15(14(12)11-17)18-13-6-2-1-3-7-13/h1-8,18H,9H2. The fraction of sp³-hybridized carbons (Fsp3) is 0.0667. The smallest absolute Gasteiger partial charge is 0.102 e. The Balaban J connectivity index is 2.37. The molecule has 0 radical (unpaired) electrons. The summed E-state index contributed by atoms with van der Waals surface area (Å²) in [5.74, 6) is 0. The largest absolute Gasteiger partial charge is 0.354 e. The van der Waals surface area contributed by atoms with Crippen LogP contribution in [0, 0.1) is 22.7 Å². The van der Waals surface area contributed by atoms with Gasteiger partial charge in [0.2, 0.25) is 0 Å². The van der Waals surface area contributed by atoms with Crippen molar-refractivity contribution < 1.29 is 0 Å². The average Bonchev–Trinajstić information content (AvgIpc) is 2.41. The highest BCUT2D eigenvalue weighted by atomic mass is 14.9. The van der Waals surface area contributed by atoms with E-state index in [9.17, 15) is 5.26 Å². The summed E-state index contributed by atoms with van der Waals surface area (Å²) in [6, 6.07) is 19.4. The van der Waals surface area contributed by atoms with Gasteiger partial charge in [0.1, 0.15) is 6.07 Å². The molecule has 0 saturated carbocycles. The highest BCUT2D eigenvalue weighted by Crippen LogP contribution is 2.23. The molecule has 0 fully saturated rings. The maximum absolute atomic E-state index is 9.20. The number of nitrogens with zero attached hydrogens (tertiary/aromatic N) is 2. The zero-order valence-corrected chi connectivity index (χ0v) is 9.72. The van der Waals surface area contributed by atoms with E-state index in [0.29, 0.717) is 5.56 Å². The highest BCUT2D eigenvalue weighted by molar-refractivity contribution is 5.68. The molecule has 0 heterocycles. The molecule has 0 aromatic heterocycles. The SMILES string of the molecule is N#CCc1cccc(Nc2ccccc2)c1C#N. The maximum Gasteiger partial charge on any atom is 0.102 e. The first kappa shape index (κ1) is 11.7. The molecule has 0 spiro atoms. The van der Waals surface area contributed by atoms with Crippen molar-refractivity contribution in [3.63, 3.8) is 0 Å². The molecule has 3 heteroatoms. The number of anilines is 2. The molecule has 0 bridgehead atoms. The van der Waals surface area contributed by atoms with Crippen LogP contribution in [0.2, 0.25) is 0 Å². The first-order valence-corrected chi connectivity index (χ1v) is 5.56. The van der Waals surface area contributed by atoms with E-state index in [1.165, 1.54) is 0 Å². The lowest BCUT2D eigenvalue weighted by Gasteiger charge is -2.10. The molecule has 0 atom stereocenters. The minimum Gasteiger partial charge on any atom is -0.354 e. The monoisotopic (exact) mass is 233 g/mol. The Morgan fingerprint density at radius 2 is 1.72 bits per heavy atom. The molecule has 18 heavy (non-hydrogen) atoms. The van der Waals surface area contributed by atoms with E-state index < -0.39 is 0 Å². The van der Waals surface area contributed by atoms with Crippen LogP contribution in [0.4, 0.5) is 11.4 Å². The third-order valence-corrected chi connectivity index (χ3v) is 2.58. The fourth-order valence-corrected chi connectivity index (χ4v) is 1.75. The van der Waals surface area contributed by atoms with Crippen LogP contribution in [0.15, 0.2) is 48.5 Å². The summed E-state index contributed by atoms with van der Waals surface area (Å²) in [7, 11) is 0. The van der Waals surface area contributed by atoms with Crippen LogP contribution in [0.5, 0.6) is 0 Å². The van der Waals surface area contributed by atoms with Crippen molar-refractivity contribution in [1.82, 2.24) is 0 Å². The Morgan fingerprint density at radius 1 is 0.944 bits per heavy atom. The van der Waals surface area contributed by atoms with E-state index in [1.807, 2.05) is 42.5 Å². The van der Waals surface area contributed by atoms with E-state index >= 15 is 0 Å². The summed E-state index contributed by atoms with van der Waals surface area (Å²) < 4.78 is 0. The van der Waals surface area contributed by atoms with E-state index in [2.05, 4.69) is 17.5 Å². The Labute approximate surface area is 106 Å². The van der Waals surface area contributed by atoms with Crippen molar-refractivity contribution in [3.05, 3.63) is 59.7 Å². The number of nitrogens with one attached hydrogen (secondary N) is 1. The Hall–Kier alpha value is -2.78. The number of hydrogen-bond acceptors (Lipinski definition) is 3. The second-order valence-corrected chi connectivity index (χ2v) is 3.78. The zero-order chi connectivity index (χ0) is 12.8. The van der Waals surface area contributed by atoms with Crippen molar-refractivity contribution in [2.24, 2.45) is 0 Å². The van der Waals surface area contributed by atoms with Gasteiger partial charge in [-0.3, -0.25) is 0 Å². The summed E-state index contributed by atoms with van der Waals surface area (Å²) in [5.41, 5.74) is 2.93. The van der Waals surface area contributed by atoms with E-state index in [0.717, 1.165) is 16.9 Å². The topological polar surface area (TPSA) is 59.6 Å². The number of hydrogen-bond donors (Lipinski definition) is 1. The van der Waals surface area contributed by atoms with Crippen LogP contribution in [0.1, 0.15) is 11.1 Å². The van der Waals surface area contributed by atoms with Crippen molar-refractivity contribution in [3.8, 4) is 12.1 Å². The first-order chi connectivity index (χ1) is 8.85. The molecular formula is C15H11N3. The fourth-order valence-electron chi connectivity index (χ4n) is 1.75. The average molecular weight is 233 g/mol. The lowest BCUT2D eigenvalue weighted by molar-refractivity contribution is 1.24. The van der Waals surface area contributed by atoms with Gasteiger partial charge in [0.15, 0.2) is 0 Å². The van der Waals surface area contributed by atoms with E-state index in [-0.39, 0.29) is 6.42 Å². The molecule has 0 aliphatic carbocycles. The molecular weight excluding hydrogens is 222 g/mol. The molecule has 2 aromatic rings. The summed E-state index contributed by atoms with van der Waals surface area (Å²) in [6.07, 6.45) is 0.243. The summed E-state index contributed by atoms with van der Waals surface area (Å²) >= 11 is 0. The molecule has 0 aliphatic heterocycles. The summed E-state index contributed by atoms with van der Waals surface area (Å²) in [5, 5.41) is 21.1. The van der Waals surface area contributed by atoms with Gasteiger partial charge in [-0.1, -0.05) is 30.3 Å². The van der Waals surface area contributed by atoms with Gasteiger partial charge in [-0.25, -0.2) is 0 Å². The van der Waals surface area contributed by atoms with Gasteiger partial charge in [0.25, 0.3) is 0 Å². The van der Waals surface area contributed by atoms with Crippen LogP contribution in [-0.4, -0.2) is 0 Å². The number of rotatable bonds is 3. The van der Waals surface area contributed by atoms with Crippen LogP contribution in [-0.2, 0) is 6.42 Å². The van der Waals surface area contributed by atoms with Gasteiger partial charge in [0.05, 0.1) is 23.7 Å². The van der Waals surface area contributed by atoms with E-state index in [1.54, 1.807) is 6.07 Å². The quantitative estimate of drug-likeness (QED) is 0.884. The normalized spacial score (nSPS) is 9.22. The summed E-state index contributed by atoms with van der Waals surface area (Å²) in [4.78, 5) is 0. The molecule has 3 nitrogen and oxygen atoms in total. The third-order valence-electron chi connectivity index (χ3n) is 2.58. The van der Waals surface area contributed by atoms with Crippen molar-refractivity contribution >= 4 is 11.4 Å². The predicted molar refractivity (Wildman–Crippen MR) is 70.2 cm³/mol. The molecule has 2 aromatic carbocycles. The minimum absolute atomic E-state index is 0.243. The minimum atomic E-state index is 0.243. The second-order valence-electron chi connectivity index (χ2n) is 3.78. The van der Waals surface area contributed by atoms with Crippen LogP contribution >= 0.6 is 0 Å². The van der Waals surface area contributed by atoms with Gasteiger partial charge in [0, 0.05) is 5.69 Å². The van der Waals surface area contributed by atoms with Crippen LogP contribution < -0.4 is 5.32 Å². The number of para-hydroxylation sites is 1. The Kier molecular flexibility index (Phi) is 3.59. The third kappa shape index (κ3) is 2.48. The lowest BCUT2D eigenvalue weighted by atomic mass is 10.0. The molecule has 0 amide bonds. The highest BCUT2D eigenvalue weighted by Gasteiger charge is 2.07. The maximum atomic E-state index is 9.20. The van der Waals surface area contributed by atoms with Gasteiger partial charge < -0.3 is 5.32 Å². The summed E-state index contributed by atoms with van der Waals surface area (Å²) in [6.45, 7) is 0. The molecule has 1 N–H and O–H groups in total. The Morgan fingerprint density at radius 3 is 2.39 bits per heavy atom. The second kappa shape index (κ2) is 5.52. The first-order valence-electron chi connectivity index (χ1n) is 5.56. The van der Waals surface area contributed by atoms with Gasteiger partial charge in [-0.05, 0) is 23.8 Å². The van der Waals surface area contributed by atoms with Gasteiger partial charge in [-0.15, -0.1) is 0 Å². The van der Waals surface area contributed by atoms with Gasteiger partial charge >= 0.3 is 0 Å². The zero-order valence-electron chi connectivity index (χ0n) is 9.72. The number of benzene rings is 2. The lowest BCUT2D eigenvalue weighted by Crippen LogP contribution is -1.97. The van der Waals surface area contributed by atoms with Gasteiger partial charge in [-0.2, -0.15) is 10.5 Å². The molecule has 0 saturated heterocycles. The van der Waals surface area contributed by atoms with Crippen molar-refractivity contribution in [2.45, 2.75) is 6.42 Å². The van der Waals surface area contributed by atoms with E-state index in [4.69, 9.17) is 5.26 Å². The molecule has 86 valence electrons. The van der Waals surface area contributed by atoms with Crippen molar-refractivity contribution in [1.29, 1.82) is 10.5 Å². The van der Waals surface area contributed by atoms with Crippen molar-refractivity contribution in [2.75, 3.05) is 5.32 Å².